The summed E-state index contributed by atoms with van der Waals surface area (Å²) in [6, 6.07) is 8.17. The maximum atomic E-state index is 12.0. The standard InChI is InChI=1S/C20H30N4O3/c25-19(23-17-6-2-3-7-17)9-10-21-20(26)22-15-16-5-1-4-8-18(16)24-11-13-27-14-12-24/h1,4-5,8,17H,2-3,6-7,9-15H2,(H,23,25)(H2,21,22,26). The van der Waals surface area contributed by atoms with Gasteiger partial charge in [-0.3, -0.25) is 4.79 Å². The Morgan fingerprint density at radius 3 is 2.59 bits per heavy atom. The Balaban J connectivity index is 1.38. The summed E-state index contributed by atoms with van der Waals surface area (Å²) in [4.78, 5) is 26.2. The van der Waals surface area contributed by atoms with Crippen LogP contribution in [0.4, 0.5) is 10.5 Å². The predicted molar refractivity (Wildman–Crippen MR) is 105 cm³/mol. The van der Waals surface area contributed by atoms with Crippen molar-refractivity contribution in [3.8, 4) is 0 Å². The van der Waals surface area contributed by atoms with Crippen LogP contribution in [0.1, 0.15) is 37.7 Å². The largest absolute Gasteiger partial charge is 0.378 e. The van der Waals surface area contributed by atoms with Gasteiger partial charge in [0.15, 0.2) is 0 Å². The highest BCUT2D eigenvalue weighted by Gasteiger charge is 2.17. The number of amides is 3. The quantitative estimate of drug-likeness (QED) is 0.679. The van der Waals surface area contributed by atoms with Crippen molar-refractivity contribution in [2.75, 3.05) is 37.7 Å². The smallest absolute Gasteiger partial charge is 0.315 e. The minimum absolute atomic E-state index is 0.0138. The van der Waals surface area contributed by atoms with E-state index in [-0.39, 0.29) is 11.9 Å². The fourth-order valence-electron chi connectivity index (χ4n) is 3.67. The zero-order valence-electron chi connectivity index (χ0n) is 15.8. The molecule has 7 nitrogen and oxygen atoms in total. The van der Waals surface area contributed by atoms with Crippen LogP contribution in [0, 0.1) is 0 Å². The summed E-state index contributed by atoms with van der Waals surface area (Å²) in [6.45, 7) is 3.97. The number of hydrogen-bond donors (Lipinski definition) is 3. The Kier molecular flexibility index (Phi) is 7.33. The van der Waals surface area contributed by atoms with E-state index in [1.54, 1.807) is 0 Å². The predicted octanol–water partition coefficient (Wildman–Crippen LogP) is 1.77. The molecule has 0 unspecified atom stereocenters. The van der Waals surface area contributed by atoms with E-state index in [0.717, 1.165) is 50.4 Å². The third-order valence-electron chi connectivity index (χ3n) is 5.14. The average Bonchev–Trinajstić information content (AvgIpc) is 3.20. The van der Waals surface area contributed by atoms with Gasteiger partial charge in [0.2, 0.25) is 5.91 Å². The Bertz CT molecular complexity index is 625. The first kappa shape index (κ1) is 19.5. The van der Waals surface area contributed by atoms with Gasteiger partial charge in [-0.2, -0.15) is 0 Å². The van der Waals surface area contributed by atoms with Crippen molar-refractivity contribution in [1.82, 2.24) is 16.0 Å². The topological polar surface area (TPSA) is 82.7 Å². The first-order chi connectivity index (χ1) is 13.2. The lowest BCUT2D eigenvalue weighted by molar-refractivity contribution is -0.121. The Hall–Kier alpha value is -2.28. The highest BCUT2D eigenvalue weighted by Crippen LogP contribution is 2.21. The third kappa shape index (κ3) is 6.13. The molecule has 0 spiro atoms. The molecule has 0 radical (unpaired) electrons. The number of hydrogen-bond acceptors (Lipinski definition) is 4. The van der Waals surface area contributed by atoms with Crippen LogP contribution in [0.2, 0.25) is 0 Å². The summed E-state index contributed by atoms with van der Waals surface area (Å²) < 4.78 is 5.41. The van der Waals surface area contributed by atoms with E-state index in [0.29, 0.717) is 25.6 Å². The van der Waals surface area contributed by atoms with Gasteiger partial charge < -0.3 is 25.6 Å². The summed E-state index contributed by atoms with van der Waals surface area (Å²) in [5, 5.41) is 8.68. The van der Waals surface area contributed by atoms with Crippen molar-refractivity contribution in [2.45, 2.75) is 44.7 Å². The zero-order chi connectivity index (χ0) is 18.9. The average molecular weight is 374 g/mol. The summed E-state index contributed by atoms with van der Waals surface area (Å²) in [5.74, 6) is 0.0138. The molecule has 0 atom stereocenters. The van der Waals surface area contributed by atoms with E-state index in [9.17, 15) is 9.59 Å². The van der Waals surface area contributed by atoms with Gasteiger partial charge in [-0.05, 0) is 24.5 Å². The number of para-hydroxylation sites is 1. The number of benzene rings is 1. The Labute approximate surface area is 160 Å². The highest BCUT2D eigenvalue weighted by molar-refractivity contribution is 5.78. The second-order valence-corrected chi connectivity index (χ2v) is 7.14. The highest BCUT2D eigenvalue weighted by atomic mass is 16.5. The lowest BCUT2D eigenvalue weighted by Gasteiger charge is -2.30. The van der Waals surface area contributed by atoms with Crippen molar-refractivity contribution >= 4 is 17.6 Å². The van der Waals surface area contributed by atoms with E-state index in [1.165, 1.54) is 12.8 Å². The molecule has 27 heavy (non-hydrogen) atoms. The van der Waals surface area contributed by atoms with Gasteiger partial charge in [0.25, 0.3) is 0 Å². The summed E-state index contributed by atoms with van der Waals surface area (Å²) >= 11 is 0. The molecule has 0 aromatic heterocycles. The summed E-state index contributed by atoms with van der Waals surface area (Å²) in [7, 11) is 0. The van der Waals surface area contributed by atoms with E-state index in [1.807, 2.05) is 18.2 Å². The van der Waals surface area contributed by atoms with Crippen LogP contribution in [0.3, 0.4) is 0 Å². The summed E-state index contributed by atoms with van der Waals surface area (Å²) in [6.07, 6.45) is 4.84. The molecule has 7 heteroatoms. The zero-order valence-corrected chi connectivity index (χ0v) is 15.8. The molecule has 0 bridgehead atoms. The molecule has 1 heterocycles. The molecule has 1 aliphatic heterocycles. The van der Waals surface area contributed by atoms with Crippen molar-refractivity contribution in [2.24, 2.45) is 0 Å². The number of nitrogens with one attached hydrogen (secondary N) is 3. The molecular formula is C20H30N4O3. The molecule has 3 rings (SSSR count). The minimum Gasteiger partial charge on any atom is -0.378 e. The summed E-state index contributed by atoms with van der Waals surface area (Å²) in [5.41, 5.74) is 2.21. The lowest BCUT2D eigenvalue weighted by atomic mass is 10.1. The Morgan fingerprint density at radius 2 is 1.81 bits per heavy atom. The van der Waals surface area contributed by atoms with Crippen molar-refractivity contribution in [1.29, 1.82) is 0 Å². The number of nitrogens with zero attached hydrogens (tertiary/aromatic N) is 1. The van der Waals surface area contributed by atoms with E-state index in [2.05, 4.69) is 26.9 Å². The number of carbonyl (C=O) groups excluding carboxylic acids is 2. The van der Waals surface area contributed by atoms with Gasteiger partial charge in [-0.1, -0.05) is 31.0 Å². The number of ether oxygens (including phenoxy) is 1. The molecule has 1 saturated carbocycles. The maximum absolute atomic E-state index is 12.0. The van der Waals surface area contributed by atoms with Gasteiger partial charge in [-0.25, -0.2) is 4.79 Å². The van der Waals surface area contributed by atoms with Crippen LogP contribution < -0.4 is 20.9 Å². The number of morpholine rings is 1. The normalized spacial score (nSPS) is 17.6. The van der Waals surface area contributed by atoms with Gasteiger partial charge in [0, 0.05) is 44.3 Å². The fourth-order valence-corrected chi connectivity index (χ4v) is 3.67. The van der Waals surface area contributed by atoms with Gasteiger partial charge in [0.1, 0.15) is 0 Å². The van der Waals surface area contributed by atoms with Crippen LogP contribution in [0.15, 0.2) is 24.3 Å². The second kappa shape index (κ2) is 10.2. The monoisotopic (exact) mass is 374 g/mol. The molecule has 1 aromatic rings. The molecule has 2 fully saturated rings. The van der Waals surface area contributed by atoms with Gasteiger partial charge >= 0.3 is 6.03 Å². The minimum atomic E-state index is -0.250. The van der Waals surface area contributed by atoms with Crippen LogP contribution in [-0.4, -0.2) is 50.8 Å². The second-order valence-electron chi connectivity index (χ2n) is 7.14. The van der Waals surface area contributed by atoms with Crippen molar-refractivity contribution in [3.05, 3.63) is 29.8 Å². The molecule has 1 aliphatic carbocycles. The third-order valence-corrected chi connectivity index (χ3v) is 5.14. The first-order valence-corrected chi connectivity index (χ1v) is 9.94. The van der Waals surface area contributed by atoms with Crippen LogP contribution >= 0.6 is 0 Å². The van der Waals surface area contributed by atoms with Crippen LogP contribution in [-0.2, 0) is 16.1 Å². The van der Waals surface area contributed by atoms with E-state index in [4.69, 9.17) is 4.74 Å². The molecule has 3 amide bonds. The van der Waals surface area contributed by atoms with Gasteiger partial charge in [-0.15, -0.1) is 0 Å². The first-order valence-electron chi connectivity index (χ1n) is 9.94. The van der Waals surface area contributed by atoms with Crippen molar-refractivity contribution < 1.29 is 14.3 Å². The van der Waals surface area contributed by atoms with Crippen molar-refractivity contribution in [3.63, 3.8) is 0 Å². The SMILES string of the molecule is O=C(CCNC(=O)NCc1ccccc1N1CCOCC1)NC1CCCC1. The lowest BCUT2D eigenvalue weighted by Crippen LogP contribution is -2.40. The van der Waals surface area contributed by atoms with E-state index >= 15 is 0 Å². The fraction of sp³-hybridized carbons (Fsp3) is 0.600. The van der Waals surface area contributed by atoms with E-state index < -0.39 is 0 Å². The molecular weight excluding hydrogens is 344 g/mol. The number of urea groups is 1. The molecule has 148 valence electrons. The van der Waals surface area contributed by atoms with Gasteiger partial charge in [0.05, 0.1) is 13.2 Å². The van der Waals surface area contributed by atoms with Crippen LogP contribution in [0.25, 0.3) is 0 Å². The number of carbonyl (C=O) groups is 2. The molecule has 2 aliphatic rings. The maximum Gasteiger partial charge on any atom is 0.315 e. The number of rotatable bonds is 7. The molecule has 3 N–H and O–H groups in total. The molecule has 1 saturated heterocycles. The Morgan fingerprint density at radius 1 is 1.07 bits per heavy atom. The van der Waals surface area contributed by atoms with Crippen LogP contribution in [0.5, 0.6) is 0 Å². The number of anilines is 1. The molecule has 1 aromatic carbocycles.